The van der Waals surface area contributed by atoms with Gasteiger partial charge in [-0.3, -0.25) is 4.90 Å². The van der Waals surface area contributed by atoms with Crippen molar-refractivity contribution in [2.75, 3.05) is 7.05 Å². The molecule has 0 aliphatic carbocycles. The number of hydrogen-bond acceptors (Lipinski definition) is 2. The summed E-state index contributed by atoms with van der Waals surface area (Å²) < 4.78 is 21.2. The highest BCUT2D eigenvalue weighted by Crippen LogP contribution is 2.45. The van der Waals surface area contributed by atoms with Crippen molar-refractivity contribution in [2.24, 2.45) is 0 Å². The maximum Gasteiger partial charge on any atom is 0.203 e. The van der Waals surface area contributed by atoms with Gasteiger partial charge in [0.2, 0.25) is 5.85 Å². The molecular weight excluding hydrogens is 380 g/mol. The number of likely N-dealkylation sites (N-methyl/N-ethyl adjacent to an activating group) is 1. The summed E-state index contributed by atoms with van der Waals surface area (Å²) in [6, 6.07) is 9.57. The Hall–Kier alpha value is -0.200. The largest absolute Gasteiger partial charge is 0.341 e. The first-order valence-electron chi connectivity index (χ1n) is 7.69. The van der Waals surface area contributed by atoms with Crippen LogP contribution in [0, 0.1) is 3.57 Å². The van der Waals surface area contributed by atoms with E-state index in [2.05, 4.69) is 58.8 Å². The minimum atomic E-state index is -1.58. The standard InChI is InChI=1S/C17H23FINO/c1-17(2,18)21-16-14(11-4-6-12(19)7-5-11)10-13-8-9-15(16)20(13)3/h4-7,13-16H,8-10H2,1-3H3/t13-,14+,15+,16-/m0/s1. The molecule has 0 amide bonds. The molecule has 4 heteroatoms. The number of benzene rings is 1. The molecule has 0 aromatic heterocycles. The van der Waals surface area contributed by atoms with E-state index in [4.69, 9.17) is 4.74 Å². The molecule has 2 saturated heterocycles. The molecular formula is C17H23FINO. The summed E-state index contributed by atoms with van der Waals surface area (Å²) in [5.74, 6) is -1.28. The van der Waals surface area contributed by atoms with Crippen LogP contribution in [0.2, 0.25) is 0 Å². The first kappa shape index (κ1) is 15.7. The molecule has 2 aliphatic rings. The van der Waals surface area contributed by atoms with Crippen LogP contribution in [0.15, 0.2) is 24.3 Å². The third kappa shape index (κ3) is 3.27. The van der Waals surface area contributed by atoms with Gasteiger partial charge >= 0.3 is 0 Å². The van der Waals surface area contributed by atoms with Crippen LogP contribution in [0.25, 0.3) is 0 Å². The molecule has 0 unspecified atom stereocenters. The summed E-state index contributed by atoms with van der Waals surface area (Å²) >= 11 is 2.32. The molecule has 2 bridgehead atoms. The maximum atomic E-state index is 14.1. The van der Waals surface area contributed by atoms with Crippen LogP contribution in [0.3, 0.4) is 0 Å². The maximum absolute atomic E-state index is 14.1. The van der Waals surface area contributed by atoms with Crippen LogP contribution in [0.1, 0.15) is 44.6 Å². The summed E-state index contributed by atoms with van der Waals surface area (Å²) in [6.07, 6.45) is 3.32. The third-order valence-electron chi connectivity index (χ3n) is 4.91. The average Bonchev–Trinajstić information content (AvgIpc) is 2.64. The van der Waals surface area contributed by atoms with E-state index in [1.807, 2.05) is 0 Å². The summed E-state index contributed by atoms with van der Waals surface area (Å²) in [4.78, 5) is 2.40. The van der Waals surface area contributed by atoms with Crippen molar-refractivity contribution >= 4 is 22.6 Å². The summed E-state index contributed by atoms with van der Waals surface area (Å²) in [7, 11) is 2.16. The van der Waals surface area contributed by atoms with E-state index >= 15 is 0 Å². The Balaban J connectivity index is 1.91. The fourth-order valence-electron chi connectivity index (χ4n) is 3.94. The van der Waals surface area contributed by atoms with Crippen molar-refractivity contribution in [2.45, 2.75) is 63.1 Å². The highest BCUT2D eigenvalue weighted by atomic mass is 127. The van der Waals surface area contributed by atoms with E-state index in [1.54, 1.807) is 0 Å². The van der Waals surface area contributed by atoms with Gasteiger partial charge in [0, 0.05) is 21.6 Å². The highest BCUT2D eigenvalue weighted by molar-refractivity contribution is 14.1. The molecule has 0 N–H and O–H groups in total. The van der Waals surface area contributed by atoms with Gasteiger partial charge in [0.25, 0.3) is 0 Å². The van der Waals surface area contributed by atoms with E-state index in [1.165, 1.54) is 29.4 Å². The van der Waals surface area contributed by atoms with Gasteiger partial charge in [-0.05, 0) is 80.4 Å². The Morgan fingerprint density at radius 1 is 1.24 bits per heavy atom. The van der Waals surface area contributed by atoms with Crippen LogP contribution in [-0.2, 0) is 4.74 Å². The molecule has 1 aromatic carbocycles. The second-order valence-electron chi connectivity index (χ2n) is 6.80. The number of nitrogens with zero attached hydrogens (tertiary/aromatic N) is 1. The first-order chi connectivity index (χ1) is 9.85. The van der Waals surface area contributed by atoms with E-state index in [0.717, 1.165) is 12.8 Å². The lowest BCUT2D eigenvalue weighted by atomic mass is 9.82. The zero-order chi connectivity index (χ0) is 15.2. The number of alkyl halides is 1. The molecule has 2 nitrogen and oxygen atoms in total. The number of piperidine rings is 1. The van der Waals surface area contributed by atoms with Crippen LogP contribution < -0.4 is 0 Å². The smallest absolute Gasteiger partial charge is 0.203 e. The van der Waals surface area contributed by atoms with Crippen LogP contribution in [0.4, 0.5) is 4.39 Å². The van der Waals surface area contributed by atoms with Crippen molar-refractivity contribution in [1.29, 1.82) is 0 Å². The zero-order valence-corrected chi connectivity index (χ0v) is 15.0. The molecule has 21 heavy (non-hydrogen) atoms. The molecule has 0 saturated carbocycles. The molecule has 0 spiro atoms. The number of rotatable bonds is 3. The Morgan fingerprint density at radius 2 is 1.90 bits per heavy atom. The Labute approximate surface area is 140 Å². The van der Waals surface area contributed by atoms with Gasteiger partial charge in [-0.2, -0.15) is 0 Å². The fourth-order valence-corrected chi connectivity index (χ4v) is 4.30. The fraction of sp³-hybridized carbons (Fsp3) is 0.647. The molecule has 0 radical (unpaired) electrons. The molecule has 4 atom stereocenters. The molecule has 3 rings (SSSR count). The van der Waals surface area contributed by atoms with Crippen molar-refractivity contribution in [1.82, 2.24) is 4.90 Å². The van der Waals surface area contributed by atoms with E-state index in [0.29, 0.717) is 18.0 Å². The third-order valence-corrected chi connectivity index (χ3v) is 5.63. The minimum Gasteiger partial charge on any atom is -0.341 e. The Bertz CT molecular complexity index is 499. The van der Waals surface area contributed by atoms with Crippen molar-refractivity contribution < 1.29 is 9.13 Å². The second kappa shape index (κ2) is 5.78. The zero-order valence-electron chi connectivity index (χ0n) is 12.9. The van der Waals surface area contributed by atoms with E-state index in [-0.39, 0.29) is 6.10 Å². The topological polar surface area (TPSA) is 12.5 Å². The van der Waals surface area contributed by atoms with Gasteiger partial charge in [-0.25, -0.2) is 4.39 Å². The van der Waals surface area contributed by atoms with Gasteiger partial charge in [0.15, 0.2) is 0 Å². The lowest BCUT2D eigenvalue weighted by Gasteiger charge is -2.44. The normalized spacial score (nSPS) is 33.4. The summed E-state index contributed by atoms with van der Waals surface area (Å²) in [5.41, 5.74) is 1.29. The quantitative estimate of drug-likeness (QED) is 0.697. The number of halogens is 2. The van der Waals surface area contributed by atoms with Crippen LogP contribution in [-0.4, -0.2) is 36.0 Å². The van der Waals surface area contributed by atoms with E-state index < -0.39 is 5.85 Å². The van der Waals surface area contributed by atoms with Gasteiger partial charge in [0.1, 0.15) is 0 Å². The lowest BCUT2D eigenvalue weighted by molar-refractivity contribution is -0.185. The summed E-state index contributed by atoms with van der Waals surface area (Å²) in [6.45, 7) is 3.03. The monoisotopic (exact) mass is 403 g/mol. The van der Waals surface area contributed by atoms with Gasteiger partial charge in [0.05, 0.1) is 6.10 Å². The van der Waals surface area contributed by atoms with Gasteiger partial charge in [-0.1, -0.05) is 12.1 Å². The Kier molecular flexibility index (Phi) is 4.32. The summed E-state index contributed by atoms with van der Waals surface area (Å²) in [5, 5.41) is 0. The molecule has 2 fully saturated rings. The number of fused-ring (bicyclic) bond motifs is 2. The molecule has 2 heterocycles. The van der Waals surface area contributed by atoms with Crippen molar-refractivity contribution in [3.05, 3.63) is 33.4 Å². The van der Waals surface area contributed by atoms with Crippen molar-refractivity contribution in [3.63, 3.8) is 0 Å². The van der Waals surface area contributed by atoms with Crippen LogP contribution >= 0.6 is 22.6 Å². The first-order valence-corrected chi connectivity index (χ1v) is 8.77. The van der Waals surface area contributed by atoms with E-state index in [9.17, 15) is 4.39 Å². The molecule has 1 aromatic rings. The molecule has 116 valence electrons. The number of ether oxygens (including phenoxy) is 1. The highest BCUT2D eigenvalue weighted by Gasteiger charge is 2.48. The number of hydrogen-bond donors (Lipinski definition) is 0. The lowest BCUT2D eigenvalue weighted by Crippen LogP contribution is -2.51. The van der Waals surface area contributed by atoms with Gasteiger partial charge < -0.3 is 4.74 Å². The van der Waals surface area contributed by atoms with Crippen LogP contribution in [0.5, 0.6) is 0 Å². The van der Waals surface area contributed by atoms with Crippen molar-refractivity contribution in [3.8, 4) is 0 Å². The second-order valence-corrected chi connectivity index (χ2v) is 8.05. The predicted octanol–water partition coefficient (Wildman–Crippen LogP) is 4.33. The SMILES string of the molecule is CN1[C@H]2CC[C@@H]1[C@@H](OC(C)(C)F)[C@@H](c1ccc(I)cc1)C2. The average molecular weight is 403 g/mol. The minimum absolute atomic E-state index is 0.0613. The molecule has 2 aliphatic heterocycles. The predicted molar refractivity (Wildman–Crippen MR) is 91.2 cm³/mol. The Morgan fingerprint density at radius 3 is 2.52 bits per heavy atom. The van der Waals surface area contributed by atoms with Gasteiger partial charge in [-0.15, -0.1) is 0 Å².